The minimum Gasteiger partial charge on any atom is -0.382 e. The molecule has 0 atom stereocenters. The fraction of sp³-hybridized carbons (Fsp3) is 0.500. The molecule has 134 valence electrons. The van der Waals surface area contributed by atoms with Crippen LogP contribution in [0.5, 0.6) is 0 Å². The van der Waals surface area contributed by atoms with Gasteiger partial charge in [-0.15, -0.1) is 24.0 Å². The van der Waals surface area contributed by atoms with Gasteiger partial charge >= 0.3 is 0 Å². The Morgan fingerprint density at radius 1 is 1.29 bits per heavy atom. The van der Waals surface area contributed by atoms with Crippen LogP contribution in [0.4, 0.5) is 0 Å². The van der Waals surface area contributed by atoms with Crippen LogP contribution in [0, 0.1) is 0 Å². The van der Waals surface area contributed by atoms with E-state index < -0.39 is 0 Å². The van der Waals surface area contributed by atoms with Crippen LogP contribution in [0.3, 0.4) is 0 Å². The highest BCUT2D eigenvalue weighted by molar-refractivity contribution is 14.0. The van der Waals surface area contributed by atoms with Crippen molar-refractivity contribution < 1.29 is 4.74 Å². The number of rotatable bonds is 9. The molecule has 0 saturated heterocycles. The number of aryl methyl sites for hydroxylation is 1. The van der Waals surface area contributed by atoms with Crippen molar-refractivity contribution in [1.29, 1.82) is 0 Å². The first-order valence-corrected chi connectivity index (χ1v) is 8.45. The number of aliphatic imine (C=N–C) groups is 1. The third-order valence-electron chi connectivity index (χ3n) is 3.90. The van der Waals surface area contributed by atoms with Gasteiger partial charge in [0.05, 0.1) is 0 Å². The lowest BCUT2D eigenvalue weighted by molar-refractivity contribution is 0.146. The summed E-state index contributed by atoms with van der Waals surface area (Å²) in [7, 11) is 0. The summed E-state index contributed by atoms with van der Waals surface area (Å²) in [6, 6.07) is 6.47. The van der Waals surface area contributed by atoms with Crippen molar-refractivity contribution in [2.24, 2.45) is 10.7 Å². The number of guanidine groups is 1. The summed E-state index contributed by atoms with van der Waals surface area (Å²) in [6.45, 7) is 7.15. The second-order valence-corrected chi connectivity index (χ2v) is 5.50. The first-order valence-electron chi connectivity index (χ1n) is 8.45. The number of nitrogens with one attached hydrogen (secondary N) is 2. The monoisotopic (exact) mass is 444 g/mol. The highest BCUT2D eigenvalue weighted by Crippen LogP contribution is 2.22. The Balaban J connectivity index is 0.00000288. The Hall–Kier alpha value is -1.28. The Labute approximate surface area is 161 Å². The number of benzene rings is 1. The fourth-order valence-corrected chi connectivity index (χ4v) is 2.67. The van der Waals surface area contributed by atoms with Crippen LogP contribution in [-0.2, 0) is 17.6 Å². The summed E-state index contributed by atoms with van der Waals surface area (Å²) < 4.78 is 5.27. The van der Waals surface area contributed by atoms with E-state index in [0.29, 0.717) is 12.5 Å². The average molecular weight is 444 g/mol. The maximum atomic E-state index is 5.88. The van der Waals surface area contributed by atoms with Crippen molar-refractivity contribution in [2.75, 3.05) is 26.3 Å². The Bertz CT molecular complexity index is 639. The minimum absolute atomic E-state index is 0. The SMILES string of the molecule is CCOCCCN=C(N)NCCc1c[nH]c2c(CC)cccc12.I. The number of halogens is 1. The minimum atomic E-state index is 0. The van der Waals surface area contributed by atoms with Crippen molar-refractivity contribution in [3.63, 3.8) is 0 Å². The van der Waals surface area contributed by atoms with Gasteiger partial charge in [-0.3, -0.25) is 4.99 Å². The number of aromatic amines is 1. The predicted molar refractivity (Wildman–Crippen MR) is 112 cm³/mol. The molecule has 0 saturated carbocycles. The first-order chi connectivity index (χ1) is 11.3. The van der Waals surface area contributed by atoms with E-state index in [-0.39, 0.29) is 24.0 Å². The van der Waals surface area contributed by atoms with E-state index in [0.717, 1.165) is 39.0 Å². The van der Waals surface area contributed by atoms with Crippen LogP contribution in [0.2, 0.25) is 0 Å². The zero-order valence-corrected chi connectivity index (χ0v) is 16.9. The van der Waals surface area contributed by atoms with Crippen molar-refractivity contribution in [3.05, 3.63) is 35.5 Å². The molecular formula is C18H29IN4O. The Morgan fingerprint density at radius 2 is 2.12 bits per heavy atom. The van der Waals surface area contributed by atoms with E-state index >= 15 is 0 Å². The lowest BCUT2D eigenvalue weighted by Gasteiger charge is -2.06. The first kappa shape index (κ1) is 20.8. The summed E-state index contributed by atoms with van der Waals surface area (Å²) in [6.07, 6.45) is 4.96. The van der Waals surface area contributed by atoms with Crippen LogP contribution in [0.15, 0.2) is 29.4 Å². The van der Waals surface area contributed by atoms with Gasteiger partial charge in [0.15, 0.2) is 5.96 Å². The van der Waals surface area contributed by atoms with Gasteiger partial charge in [0.2, 0.25) is 0 Å². The van der Waals surface area contributed by atoms with Gasteiger partial charge in [-0.25, -0.2) is 0 Å². The molecule has 1 aromatic carbocycles. The summed E-state index contributed by atoms with van der Waals surface area (Å²) in [5.41, 5.74) is 9.80. The summed E-state index contributed by atoms with van der Waals surface area (Å²) in [5, 5.41) is 4.48. The molecule has 0 aliphatic rings. The van der Waals surface area contributed by atoms with Crippen LogP contribution in [0.25, 0.3) is 10.9 Å². The van der Waals surface area contributed by atoms with E-state index in [1.54, 1.807) is 0 Å². The predicted octanol–water partition coefficient (Wildman–Crippen LogP) is 3.22. The molecule has 24 heavy (non-hydrogen) atoms. The molecule has 5 nitrogen and oxygen atoms in total. The van der Waals surface area contributed by atoms with Crippen LogP contribution < -0.4 is 11.1 Å². The van der Waals surface area contributed by atoms with Crippen LogP contribution in [-0.4, -0.2) is 37.2 Å². The maximum Gasteiger partial charge on any atom is 0.188 e. The Morgan fingerprint density at radius 3 is 2.88 bits per heavy atom. The molecule has 0 radical (unpaired) electrons. The van der Waals surface area contributed by atoms with Gasteiger partial charge in [-0.2, -0.15) is 0 Å². The van der Waals surface area contributed by atoms with Gasteiger partial charge in [0.1, 0.15) is 0 Å². The van der Waals surface area contributed by atoms with Crippen molar-refractivity contribution in [3.8, 4) is 0 Å². The molecule has 0 spiro atoms. The average Bonchev–Trinajstić information content (AvgIpc) is 2.98. The molecule has 0 unspecified atom stereocenters. The van der Waals surface area contributed by atoms with Gasteiger partial charge in [0.25, 0.3) is 0 Å². The molecule has 1 aromatic heterocycles. The summed E-state index contributed by atoms with van der Waals surface area (Å²) in [5.74, 6) is 0.510. The third-order valence-corrected chi connectivity index (χ3v) is 3.90. The van der Waals surface area contributed by atoms with E-state index in [9.17, 15) is 0 Å². The van der Waals surface area contributed by atoms with Crippen molar-refractivity contribution >= 4 is 40.8 Å². The molecule has 0 aliphatic carbocycles. The van der Waals surface area contributed by atoms with E-state index in [1.165, 1.54) is 22.0 Å². The largest absolute Gasteiger partial charge is 0.382 e. The van der Waals surface area contributed by atoms with Crippen LogP contribution in [0.1, 0.15) is 31.4 Å². The second-order valence-electron chi connectivity index (χ2n) is 5.50. The van der Waals surface area contributed by atoms with E-state index in [2.05, 4.69) is 46.6 Å². The van der Waals surface area contributed by atoms with Crippen molar-refractivity contribution in [1.82, 2.24) is 10.3 Å². The zero-order chi connectivity index (χ0) is 16.5. The number of fused-ring (bicyclic) bond motifs is 1. The van der Waals surface area contributed by atoms with Crippen LogP contribution >= 0.6 is 24.0 Å². The Kier molecular flexibility index (Phi) is 9.78. The van der Waals surface area contributed by atoms with Gasteiger partial charge in [0, 0.05) is 43.4 Å². The zero-order valence-electron chi connectivity index (χ0n) is 14.6. The molecule has 6 heteroatoms. The topological polar surface area (TPSA) is 75.4 Å². The molecular weight excluding hydrogens is 415 g/mol. The lowest BCUT2D eigenvalue weighted by atomic mass is 10.1. The van der Waals surface area contributed by atoms with Gasteiger partial charge in [-0.05, 0) is 37.3 Å². The number of ether oxygens (including phenoxy) is 1. The number of hydrogen-bond donors (Lipinski definition) is 3. The fourth-order valence-electron chi connectivity index (χ4n) is 2.67. The number of nitrogens with two attached hydrogens (primary N) is 1. The highest BCUT2D eigenvalue weighted by atomic mass is 127. The maximum absolute atomic E-state index is 5.88. The summed E-state index contributed by atoms with van der Waals surface area (Å²) >= 11 is 0. The van der Waals surface area contributed by atoms with Gasteiger partial charge in [-0.1, -0.05) is 25.1 Å². The lowest BCUT2D eigenvalue weighted by Crippen LogP contribution is -2.33. The molecule has 0 amide bonds. The standard InChI is InChI=1S/C18H28N4O.HI/c1-3-14-7-5-8-16-15(13-22-17(14)16)9-11-21-18(19)20-10-6-12-23-4-2;/h5,7-8,13,22H,3-4,6,9-12H2,1-2H3,(H3,19,20,21);1H. The number of para-hydroxylation sites is 1. The number of H-pyrrole nitrogens is 1. The molecule has 0 fully saturated rings. The summed E-state index contributed by atoms with van der Waals surface area (Å²) in [4.78, 5) is 7.70. The number of hydrogen-bond acceptors (Lipinski definition) is 2. The van der Waals surface area contributed by atoms with E-state index in [4.69, 9.17) is 10.5 Å². The van der Waals surface area contributed by atoms with E-state index in [1.807, 2.05) is 6.92 Å². The quantitative estimate of drug-likeness (QED) is 0.241. The molecule has 1 heterocycles. The highest BCUT2D eigenvalue weighted by Gasteiger charge is 2.06. The molecule has 2 rings (SSSR count). The molecule has 0 aliphatic heterocycles. The number of aromatic nitrogens is 1. The smallest absolute Gasteiger partial charge is 0.188 e. The molecule has 4 N–H and O–H groups in total. The number of nitrogens with zero attached hydrogens (tertiary/aromatic N) is 1. The molecule has 2 aromatic rings. The molecule has 0 bridgehead atoms. The second kappa shape index (κ2) is 11.3. The van der Waals surface area contributed by atoms with Gasteiger partial charge < -0.3 is 20.8 Å². The third kappa shape index (κ3) is 5.98. The van der Waals surface area contributed by atoms with Crippen molar-refractivity contribution in [2.45, 2.75) is 33.1 Å². The normalized spacial score (nSPS) is 11.5.